The van der Waals surface area contributed by atoms with Gasteiger partial charge in [0.1, 0.15) is 5.41 Å². The van der Waals surface area contributed by atoms with Crippen LogP contribution in [0.25, 0.3) is 0 Å². The highest BCUT2D eigenvalue weighted by Gasteiger charge is 2.44. The summed E-state index contributed by atoms with van der Waals surface area (Å²) in [4.78, 5) is 12.3. The van der Waals surface area contributed by atoms with E-state index in [9.17, 15) is 4.79 Å². The van der Waals surface area contributed by atoms with Gasteiger partial charge in [0.2, 0.25) is 5.91 Å². The third kappa shape index (κ3) is 2.13. The zero-order valence-electron chi connectivity index (χ0n) is 11.0. The van der Waals surface area contributed by atoms with Crippen LogP contribution in [-0.2, 0) is 16.0 Å². The van der Waals surface area contributed by atoms with Crippen molar-refractivity contribution in [3.63, 3.8) is 0 Å². The van der Waals surface area contributed by atoms with E-state index in [1.807, 2.05) is 25.1 Å². The lowest BCUT2D eigenvalue weighted by atomic mass is 9.85. The number of ether oxygens (including phenoxy) is 1. The van der Waals surface area contributed by atoms with E-state index in [0.29, 0.717) is 19.8 Å². The number of benzene rings is 1. The first-order valence-corrected chi connectivity index (χ1v) is 6.31. The van der Waals surface area contributed by atoms with E-state index in [1.54, 1.807) is 0 Å². The molecule has 1 aliphatic rings. The zero-order valence-corrected chi connectivity index (χ0v) is 11.0. The summed E-state index contributed by atoms with van der Waals surface area (Å²) < 4.78 is 5.13. The molecule has 1 amide bonds. The van der Waals surface area contributed by atoms with Gasteiger partial charge in [0, 0.05) is 12.2 Å². The quantitative estimate of drug-likeness (QED) is 0.848. The van der Waals surface area contributed by atoms with Crippen LogP contribution < -0.4 is 11.1 Å². The van der Waals surface area contributed by atoms with Crippen LogP contribution in [0, 0.1) is 12.3 Å². The van der Waals surface area contributed by atoms with Gasteiger partial charge in [0.05, 0.1) is 13.2 Å². The Bertz CT molecular complexity index is 448. The van der Waals surface area contributed by atoms with E-state index in [4.69, 9.17) is 10.5 Å². The Morgan fingerprint density at radius 3 is 2.72 bits per heavy atom. The Labute approximate surface area is 108 Å². The lowest BCUT2D eigenvalue weighted by molar-refractivity contribution is -0.153. The molecule has 0 spiro atoms. The molecular formula is C14H20N2O2. The highest BCUT2D eigenvalue weighted by molar-refractivity contribution is 5.97. The summed E-state index contributed by atoms with van der Waals surface area (Å²) in [6.45, 7) is 5.24. The van der Waals surface area contributed by atoms with Crippen molar-refractivity contribution < 1.29 is 9.53 Å². The van der Waals surface area contributed by atoms with Crippen molar-refractivity contribution in [1.29, 1.82) is 0 Å². The van der Waals surface area contributed by atoms with E-state index in [2.05, 4.69) is 12.2 Å². The number of hydrogen-bond donors (Lipinski definition) is 2. The Morgan fingerprint density at radius 1 is 1.50 bits per heavy atom. The lowest BCUT2D eigenvalue weighted by Gasteiger charge is -2.38. The van der Waals surface area contributed by atoms with Crippen LogP contribution in [0.4, 0.5) is 5.69 Å². The number of para-hydroxylation sites is 1. The van der Waals surface area contributed by atoms with Gasteiger partial charge in [-0.2, -0.15) is 0 Å². The fraction of sp³-hybridized carbons (Fsp3) is 0.500. The second-order valence-corrected chi connectivity index (χ2v) is 4.89. The topological polar surface area (TPSA) is 64.4 Å². The van der Waals surface area contributed by atoms with Gasteiger partial charge in [0.15, 0.2) is 0 Å². The van der Waals surface area contributed by atoms with Gasteiger partial charge in [-0.3, -0.25) is 4.79 Å². The fourth-order valence-electron chi connectivity index (χ4n) is 2.14. The van der Waals surface area contributed by atoms with Crippen LogP contribution in [0.2, 0.25) is 0 Å². The molecule has 1 heterocycles. The van der Waals surface area contributed by atoms with E-state index in [-0.39, 0.29) is 5.91 Å². The highest BCUT2D eigenvalue weighted by Crippen LogP contribution is 2.29. The molecule has 0 aromatic heterocycles. The number of anilines is 1. The number of rotatable bonds is 4. The smallest absolute Gasteiger partial charge is 0.236 e. The van der Waals surface area contributed by atoms with E-state index in [0.717, 1.165) is 23.2 Å². The van der Waals surface area contributed by atoms with Crippen LogP contribution in [0.5, 0.6) is 0 Å². The van der Waals surface area contributed by atoms with Gasteiger partial charge in [-0.15, -0.1) is 0 Å². The molecule has 4 nitrogen and oxygen atoms in total. The minimum atomic E-state index is -0.534. The van der Waals surface area contributed by atoms with Crippen LogP contribution in [-0.4, -0.2) is 25.7 Å². The third-order valence-corrected chi connectivity index (χ3v) is 3.61. The molecule has 3 N–H and O–H groups in total. The molecule has 1 fully saturated rings. The average Bonchev–Trinajstić information content (AvgIpc) is 2.31. The van der Waals surface area contributed by atoms with Crippen molar-refractivity contribution in [3.05, 3.63) is 29.3 Å². The second-order valence-electron chi connectivity index (χ2n) is 4.89. The molecule has 1 aromatic rings. The van der Waals surface area contributed by atoms with Crippen molar-refractivity contribution in [1.82, 2.24) is 0 Å². The van der Waals surface area contributed by atoms with Gasteiger partial charge in [-0.25, -0.2) is 0 Å². The zero-order chi connectivity index (χ0) is 13.2. The van der Waals surface area contributed by atoms with Gasteiger partial charge >= 0.3 is 0 Å². The molecule has 1 aromatic carbocycles. The minimum absolute atomic E-state index is 0.0275. The SMILES string of the molecule is CCc1cccc(C)c1NC(=O)C1(CN)COC1. The molecule has 0 radical (unpaired) electrons. The maximum absolute atomic E-state index is 12.3. The molecule has 2 rings (SSSR count). The van der Waals surface area contributed by atoms with Crippen molar-refractivity contribution >= 4 is 11.6 Å². The van der Waals surface area contributed by atoms with E-state index >= 15 is 0 Å². The molecule has 98 valence electrons. The molecule has 0 saturated carbocycles. The molecule has 0 unspecified atom stereocenters. The van der Waals surface area contributed by atoms with Gasteiger partial charge in [-0.05, 0) is 24.5 Å². The van der Waals surface area contributed by atoms with Gasteiger partial charge < -0.3 is 15.8 Å². The highest BCUT2D eigenvalue weighted by atomic mass is 16.5. The Hall–Kier alpha value is -1.39. The molecular weight excluding hydrogens is 228 g/mol. The predicted molar refractivity (Wildman–Crippen MR) is 71.5 cm³/mol. The number of hydrogen-bond acceptors (Lipinski definition) is 3. The van der Waals surface area contributed by atoms with Crippen molar-refractivity contribution in [2.45, 2.75) is 20.3 Å². The molecule has 1 aliphatic heterocycles. The minimum Gasteiger partial charge on any atom is -0.379 e. The van der Waals surface area contributed by atoms with Crippen LogP contribution >= 0.6 is 0 Å². The van der Waals surface area contributed by atoms with E-state index < -0.39 is 5.41 Å². The maximum atomic E-state index is 12.3. The monoisotopic (exact) mass is 248 g/mol. The summed E-state index contributed by atoms with van der Waals surface area (Å²) in [5, 5.41) is 3.02. The summed E-state index contributed by atoms with van der Waals surface area (Å²) in [6.07, 6.45) is 0.892. The first-order chi connectivity index (χ1) is 8.63. The Balaban J connectivity index is 2.21. The van der Waals surface area contributed by atoms with Crippen molar-refractivity contribution in [3.8, 4) is 0 Å². The number of amides is 1. The summed E-state index contributed by atoms with van der Waals surface area (Å²) >= 11 is 0. The van der Waals surface area contributed by atoms with E-state index in [1.165, 1.54) is 0 Å². The fourth-order valence-corrected chi connectivity index (χ4v) is 2.14. The first-order valence-electron chi connectivity index (χ1n) is 6.31. The lowest BCUT2D eigenvalue weighted by Crippen LogP contribution is -2.56. The number of carbonyl (C=O) groups excluding carboxylic acids is 1. The van der Waals surface area contributed by atoms with Crippen LogP contribution in [0.3, 0.4) is 0 Å². The summed E-state index contributed by atoms with van der Waals surface area (Å²) in [7, 11) is 0. The number of carbonyl (C=O) groups is 1. The van der Waals surface area contributed by atoms with Crippen LogP contribution in [0.1, 0.15) is 18.1 Å². The number of nitrogens with two attached hydrogens (primary N) is 1. The molecule has 0 bridgehead atoms. The molecule has 0 aliphatic carbocycles. The summed E-state index contributed by atoms with van der Waals surface area (Å²) in [5.41, 5.74) is 8.31. The standard InChI is InChI=1S/C14H20N2O2/c1-3-11-6-4-5-10(2)12(11)16-13(17)14(7-15)8-18-9-14/h4-6H,3,7-9,15H2,1-2H3,(H,16,17). The number of aryl methyl sites for hydroxylation is 2. The maximum Gasteiger partial charge on any atom is 0.236 e. The largest absolute Gasteiger partial charge is 0.379 e. The Kier molecular flexibility index (Phi) is 3.68. The van der Waals surface area contributed by atoms with Gasteiger partial charge in [-0.1, -0.05) is 25.1 Å². The predicted octanol–water partition coefficient (Wildman–Crippen LogP) is 1.47. The van der Waals surface area contributed by atoms with Crippen LogP contribution in [0.15, 0.2) is 18.2 Å². The normalized spacial score (nSPS) is 17.1. The molecule has 1 saturated heterocycles. The average molecular weight is 248 g/mol. The molecule has 0 atom stereocenters. The number of nitrogens with one attached hydrogen (secondary N) is 1. The van der Waals surface area contributed by atoms with Gasteiger partial charge in [0.25, 0.3) is 0 Å². The third-order valence-electron chi connectivity index (χ3n) is 3.61. The first kappa shape index (κ1) is 13.1. The van der Waals surface area contributed by atoms with Crippen molar-refractivity contribution in [2.24, 2.45) is 11.1 Å². The summed E-state index contributed by atoms with van der Waals surface area (Å²) in [6, 6.07) is 6.05. The molecule has 4 heteroatoms. The molecule has 18 heavy (non-hydrogen) atoms. The second kappa shape index (κ2) is 5.08. The summed E-state index contributed by atoms with van der Waals surface area (Å²) in [5.74, 6) is -0.0275. The Morgan fingerprint density at radius 2 is 2.22 bits per heavy atom. The van der Waals surface area contributed by atoms with Crippen molar-refractivity contribution in [2.75, 3.05) is 25.1 Å².